The first kappa shape index (κ1) is 19.4. The molecule has 0 aliphatic carbocycles. The van der Waals surface area contributed by atoms with E-state index in [-0.39, 0.29) is 23.5 Å². The molecule has 2 rings (SSSR count). The van der Waals surface area contributed by atoms with Gasteiger partial charge >= 0.3 is 5.97 Å². The molecule has 0 unspecified atom stereocenters. The molecule has 0 radical (unpaired) electrons. The van der Waals surface area contributed by atoms with E-state index in [1.165, 1.54) is 6.92 Å². The van der Waals surface area contributed by atoms with Crippen molar-refractivity contribution in [1.82, 2.24) is 4.73 Å². The Balaban J connectivity index is 2.33. The van der Waals surface area contributed by atoms with E-state index in [0.717, 1.165) is 23.1 Å². The molecule has 0 spiro atoms. The molecule has 6 heteroatoms. The lowest BCUT2D eigenvalue weighted by atomic mass is 10.0. The molecule has 0 aliphatic rings. The zero-order valence-electron chi connectivity index (χ0n) is 15.2. The Morgan fingerprint density at radius 1 is 1.15 bits per heavy atom. The number of pyridine rings is 1. The molecule has 1 aromatic carbocycles. The zero-order valence-corrected chi connectivity index (χ0v) is 15.2. The summed E-state index contributed by atoms with van der Waals surface area (Å²) < 4.78 is 0.907. The smallest absolute Gasteiger partial charge is 0.330 e. The summed E-state index contributed by atoms with van der Waals surface area (Å²) in [7, 11) is 0. The summed E-state index contributed by atoms with van der Waals surface area (Å²) in [6.07, 6.45) is 2.90. The van der Waals surface area contributed by atoms with Crippen LogP contribution in [0.4, 0.5) is 5.69 Å². The maximum absolute atomic E-state index is 12.7. The topological polar surface area (TPSA) is 91.4 Å². The van der Waals surface area contributed by atoms with Crippen LogP contribution in [0.1, 0.15) is 54.7 Å². The second kappa shape index (κ2) is 8.99. The minimum absolute atomic E-state index is 0.123. The van der Waals surface area contributed by atoms with Gasteiger partial charge in [-0.25, -0.2) is 4.79 Å². The number of nitrogen functional groups attached to an aromatic ring is 1. The van der Waals surface area contributed by atoms with Crippen LogP contribution < -0.4 is 16.1 Å². The van der Waals surface area contributed by atoms with Crippen molar-refractivity contribution in [3.8, 4) is 0 Å². The fourth-order valence-corrected chi connectivity index (χ4v) is 2.73. The molecular formula is C20H24N2O4. The van der Waals surface area contributed by atoms with Crippen molar-refractivity contribution in [2.75, 3.05) is 5.73 Å². The third-order valence-corrected chi connectivity index (χ3v) is 4.04. The fourth-order valence-electron chi connectivity index (χ4n) is 2.73. The van der Waals surface area contributed by atoms with Gasteiger partial charge in [0.05, 0.1) is 5.69 Å². The largest absolute Gasteiger partial charge is 0.398 e. The number of nitrogens with zero attached hydrogens (tertiary/aromatic N) is 1. The molecule has 2 aromatic rings. The maximum Gasteiger partial charge on any atom is 0.330 e. The third-order valence-electron chi connectivity index (χ3n) is 4.04. The lowest BCUT2D eigenvalue weighted by Crippen LogP contribution is -2.36. The van der Waals surface area contributed by atoms with E-state index in [0.29, 0.717) is 18.5 Å². The van der Waals surface area contributed by atoms with Crippen LogP contribution in [0, 0.1) is 0 Å². The van der Waals surface area contributed by atoms with Crippen LogP contribution in [0.5, 0.6) is 0 Å². The Bertz CT molecular complexity index is 841. The number of anilines is 1. The molecule has 1 aromatic heterocycles. The standard InChI is InChI=1S/C20H24N2O4/c1-3-4-10-16-13-17(21)19(20(25)22(16)26-14(2)23)18(24)12-11-15-8-6-5-7-9-15/h5-9,13H,3-4,10-12,21H2,1-2H3. The van der Waals surface area contributed by atoms with Crippen LogP contribution in [-0.4, -0.2) is 16.5 Å². The first-order valence-corrected chi connectivity index (χ1v) is 8.74. The van der Waals surface area contributed by atoms with Crippen LogP contribution in [0.2, 0.25) is 0 Å². The van der Waals surface area contributed by atoms with E-state index in [1.807, 2.05) is 37.3 Å². The number of carbonyl (C=O) groups excluding carboxylic acids is 2. The summed E-state index contributed by atoms with van der Waals surface area (Å²) in [6, 6.07) is 11.1. The molecular weight excluding hydrogens is 332 g/mol. The van der Waals surface area contributed by atoms with Gasteiger partial charge in [-0.15, -0.1) is 4.73 Å². The molecule has 2 N–H and O–H groups in total. The van der Waals surface area contributed by atoms with Gasteiger partial charge in [0.15, 0.2) is 5.78 Å². The highest BCUT2D eigenvalue weighted by Gasteiger charge is 2.21. The number of rotatable bonds is 8. The highest BCUT2D eigenvalue weighted by Crippen LogP contribution is 2.15. The fraction of sp³-hybridized carbons (Fsp3) is 0.350. The van der Waals surface area contributed by atoms with E-state index in [2.05, 4.69) is 0 Å². The Morgan fingerprint density at radius 2 is 1.85 bits per heavy atom. The average Bonchev–Trinajstić information content (AvgIpc) is 2.61. The summed E-state index contributed by atoms with van der Waals surface area (Å²) in [6.45, 7) is 3.22. The van der Waals surface area contributed by atoms with E-state index in [1.54, 1.807) is 6.07 Å². The number of aromatic nitrogens is 1. The minimum atomic E-state index is -0.677. The lowest BCUT2D eigenvalue weighted by molar-refractivity contribution is -0.142. The van der Waals surface area contributed by atoms with Gasteiger partial charge in [-0.3, -0.25) is 9.59 Å². The number of ketones is 1. The Morgan fingerprint density at radius 3 is 2.46 bits per heavy atom. The Hall–Kier alpha value is -2.89. The minimum Gasteiger partial charge on any atom is -0.398 e. The quantitative estimate of drug-likeness (QED) is 0.734. The summed E-state index contributed by atoms with van der Waals surface area (Å²) in [5.41, 5.74) is 6.81. The van der Waals surface area contributed by atoms with Gasteiger partial charge < -0.3 is 10.6 Å². The van der Waals surface area contributed by atoms with Crippen LogP contribution in [-0.2, 0) is 17.6 Å². The second-order valence-corrected chi connectivity index (χ2v) is 6.16. The number of Topliss-reactive ketones (excluding diaryl/α,β-unsaturated/α-hetero) is 1. The van der Waals surface area contributed by atoms with Crippen molar-refractivity contribution >= 4 is 17.4 Å². The van der Waals surface area contributed by atoms with E-state index in [4.69, 9.17) is 10.6 Å². The molecule has 0 saturated heterocycles. The molecule has 6 nitrogen and oxygen atoms in total. The predicted molar refractivity (Wildman–Crippen MR) is 100 cm³/mol. The van der Waals surface area contributed by atoms with Crippen molar-refractivity contribution in [2.45, 2.75) is 46.0 Å². The van der Waals surface area contributed by atoms with Crippen molar-refractivity contribution in [3.63, 3.8) is 0 Å². The zero-order chi connectivity index (χ0) is 19.1. The summed E-state index contributed by atoms with van der Waals surface area (Å²) in [5, 5.41) is 0. The van der Waals surface area contributed by atoms with Crippen LogP contribution in [0.15, 0.2) is 41.2 Å². The number of benzene rings is 1. The summed E-state index contributed by atoms with van der Waals surface area (Å²) >= 11 is 0. The van der Waals surface area contributed by atoms with Crippen molar-refractivity contribution in [2.24, 2.45) is 0 Å². The van der Waals surface area contributed by atoms with Gasteiger partial charge in [-0.1, -0.05) is 43.7 Å². The van der Waals surface area contributed by atoms with Crippen LogP contribution >= 0.6 is 0 Å². The number of nitrogens with two attached hydrogens (primary N) is 1. The van der Waals surface area contributed by atoms with Crippen LogP contribution in [0.3, 0.4) is 0 Å². The van der Waals surface area contributed by atoms with Crippen molar-refractivity contribution in [1.29, 1.82) is 0 Å². The Labute approximate surface area is 152 Å². The number of hydrogen-bond donors (Lipinski definition) is 1. The van der Waals surface area contributed by atoms with Crippen LogP contribution in [0.25, 0.3) is 0 Å². The number of hydrogen-bond acceptors (Lipinski definition) is 5. The summed E-state index contributed by atoms with van der Waals surface area (Å²) in [4.78, 5) is 41.7. The molecule has 0 aliphatic heterocycles. The Kier molecular flexibility index (Phi) is 6.72. The molecule has 0 fully saturated rings. The van der Waals surface area contributed by atoms with E-state index in [9.17, 15) is 14.4 Å². The average molecular weight is 356 g/mol. The van der Waals surface area contributed by atoms with Gasteiger partial charge in [0.1, 0.15) is 5.56 Å². The van der Waals surface area contributed by atoms with Gasteiger partial charge in [0.25, 0.3) is 5.56 Å². The number of unbranched alkanes of at least 4 members (excludes halogenated alkanes) is 1. The van der Waals surface area contributed by atoms with Crippen molar-refractivity contribution < 1.29 is 14.4 Å². The van der Waals surface area contributed by atoms with E-state index < -0.39 is 11.5 Å². The molecule has 0 amide bonds. The molecule has 138 valence electrons. The molecule has 26 heavy (non-hydrogen) atoms. The van der Waals surface area contributed by atoms with E-state index >= 15 is 0 Å². The predicted octanol–water partition coefficient (Wildman–Crippen LogP) is 2.56. The van der Waals surface area contributed by atoms with Gasteiger partial charge in [-0.2, -0.15) is 0 Å². The normalized spacial score (nSPS) is 10.5. The van der Waals surface area contributed by atoms with Gasteiger partial charge in [0.2, 0.25) is 0 Å². The lowest BCUT2D eigenvalue weighted by Gasteiger charge is -2.14. The molecule has 0 atom stereocenters. The third kappa shape index (κ3) is 4.81. The number of aryl methyl sites for hydroxylation is 2. The molecule has 0 saturated carbocycles. The first-order chi connectivity index (χ1) is 12.4. The highest BCUT2D eigenvalue weighted by molar-refractivity contribution is 6.00. The van der Waals surface area contributed by atoms with Gasteiger partial charge in [-0.05, 0) is 30.9 Å². The molecule has 1 heterocycles. The SMILES string of the molecule is CCCCc1cc(N)c(C(=O)CCc2ccccc2)c(=O)n1OC(C)=O. The first-order valence-electron chi connectivity index (χ1n) is 8.74. The number of carbonyl (C=O) groups is 2. The second-order valence-electron chi connectivity index (χ2n) is 6.16. The highest BCUT2D eigenvalue weighted by atomic mass is 16.7. The maximum atomic E-state index is 12.7. The monoisotopic (exact) mass is 356 g/mol. The summed E-state index contributed by atoms with van der Waals surface area (Å²) in [5.74, 6) is -0.989. The van der Waals surface area contributed by atoms with Crippen molar-refractivity contribution in [3.05, 3.63) is 63.6 Å². The van der Waals surface area contributed by atoms with Gasteiger partial charge in [0, 0.05) is 19.0 Å². The molecule has 0 bridgehead atoms.